The number of fused-ring (bicyclic) bond motifs is 2. The molecule has 2 N–H and O–H groups in total. The lowest BCUT2D eigenvalue weighted by molar-refractivity contribution is -0.750. The molecule has 0 radical (unpaired) electrons. The maximum atomic E-state index is 7.07. The number of benzene rings is 2. The van der Waals surface area contributed by atoms with Crippen LogP contribution in [0.4, 0.5) is 0 Å². The highest BCUT2D eigenvalue weighted by molar-refractivity contribution is 6.03. The lowest BCUT2D eigenvalue weighted by atomic mass is 9.80. The third-order valence-corrected chi connectivity index (χ3v) is 8.02. The van der Waals surface area contributed by atoms with E-state index >= 15 is 0 Å². The zero-order valence-corrected chi connectivity index (χ0v) is 21.9. The summed E-state index contributed by atoms with van der Waals surface area (Å²) in [6.45, 7) is 3.30. The Morgan fingerprint density at radius 1 is 0.973 bits per heavy atom. The molecule has 1 aromatic heterocycles. The van der Waals surface area contributed by atoms with Crippen LogP contribution in [0, 0.1) is 18.8 Å². The molecular weight excluding hydrogens is 456 g/mol. The molecule has 1 fully saturated rings. The van der Waals surface area contributed by atoms with E-state index in [2.05, 4.69) is 79.4 Å². The van der Waals surface area contributed by atoms with Gasteiger partial charge in [0.1, 0.15) is 11.9 Å². The molecule has 0 bridgehead atoms. The molecule has 3 aliphatic rings. The van der Waals surface area contributed by atoms with Crippen LogP contribution in [-0.4, -0.2) is 47.2 Å². The largest absolute Gasteiger partial charge is 0.309 e. The predicted octanol–water partition coefficient (Wildman–Crippen LogP) is 5.80. The summed E-state index contributed by atoms with van der Waals surface area (Å²) < 4.78 is 0.0688. The molecule has 188 valence electrons. The van der Waals surface area contributed by atoms with Gasteiger partial charge in [0.25, 0.3) is 5.84 Å². The van der Waals surface area contributed by atoms with Gasteiger partial charge < -0.3 is 4.90 Å². The summed E-state index contributed by atoms with van der Waals surface area (Å²) >= 11 is 0. The zero-order valence-electron chi connectivity index (χ0n) is 21.9. The van der Waals surface area contributed by atoms with E-state index in [4.69, 9.17) is 15.8 Å². The second-order valence-electron chi connectivity index (χ2n) is 11.0. The van der Waals surface area contributed by atoms with Crippen molar-refractivity contribution in [3.8, 4) is 11.3 Å². The van der Waals surface area contributed by atoms with Gasteiger partial charge in [0.15, 0.2) is 0 Å². The highest BCUT2D eigenvalue weighted by Crippen LogP contribution is 2.41. The number of aromatic nitrogens is 1. The second-order valence-corrected chi connectivity index (χ2v) is 11.0. The lowest BCUT2D eigenvalue weighted by Gasteiger charge is -2.30. The van der Waals surface area contributed by atoms with Gasteiger partial charge in [-0.15, -0.1) is 4.59 Å². The van der Waals surface area contributed by atoms with Crippen LogP contribution in [-0.2, 0) is 0 Å². The molecule has 1 aliphatic carbocycles. The van der Waals surface area contributed by atoms with Gasteiger partial charge in [0, 0.05) is 23.4 Å². The third-order valence-electron chi connectivity index (χ3n) is 8.02. The smallest absolute Gasteiger partial charge is 0.264 e. The van der Waals surface area contributed by atoms with E-state index in [1.165, 1.54) is 18.4 Å². The fourth-order valence-corrected chi connectivity index (χ4v) is 6.14. The first-order chi connectivity index (χ1) is 17.9. The average Bonchev–Trinajstić information content (AvgIpc) is 3.22. The number of allylic oxidation sites excluding steroid dienone is 2. The van der Waals surface area contributed by atoms with Crippen molar-refractivity contribution >= 4 is 23.0 Å². The number of quaternary nitrogens is 1. The fraction of sp³-hybridized carbons (Fsp3) is 0.323. The Bertz CT molecular complexity index is 1460. The molecule has 6 rings (SSSR count). The van der Waals surface area contributed by atoms with Crippen LogP contribution in [0.2, 0.25) is 0 Å². The van der Waals surface area contributed by atoms with Crippen LogP contribution >= 0.6 is 0 Å². The summed E-state index contributed by atoms with van der Waals surface area (Å²) in [5.41, 5.74) is 7.36. The van der Waals surface area contributed by atoms with Crippen LogP contribution in [0.15, 0.2) is 88.4 Å². The van der Waals surface area contributed by atoms with Gasteiger partial charge >= 0.3 is 0 Å². The molecule has 2 aliphatic heterocycles. The van der Waals surface area contributed by atoms with Crippen molar-refractivity contribution < 1.29 is 4.59 Å². The van der Waals surface area contributed by atoms with Crippen molar-refractivity contribution in [3.05, 3.63) is 89.5 Å². The number of rotatable bonds is 5. The lowest BCUT2D eigenvalue weighted by Crippen LogP contribution is -2.53. The van der Waals surface area contributed by atoms with Crippen molar-refractivity contribution in [2.75, 3.05) is 20.6 Å². The Kier molecular flexibility index (Phi) is 6.11. The van der Waals surface area contributed by atoms with Gasteiger partial charge in [-0.25, -0.2) is 4.98 Å². The van der Waals surface area contributed by atoms with Crippen molar-refractivity contribution in [1.29, 1.82) is 0 Å². The first-order valence-corrected chi connectivity index (χ1v) is 13.3. The fourth-order valence-electron chi connectivity index (χ4n) is 6.14. The van der Waals surface area contributed by atoms with Crippen LogP contribution in [0.25, 0.3) is 22.2 Å². The number of nitrogens with two attached hydrogens (primary N) is 1. The molecule has 1 unspecified atom stereocenters. The van der Waals surface area contributed by atoms with Crippen molar-refractivity contribution in [2.45, 2.75) is 32.6 Å². The summed E-state index contributed by atoms with van der Waals surface area (Å²) in [4.78, 5) is 17.0. The van der Waals surface area contributed by atoms with E-state index in [-0.39, 0.29) is 4.59 Å². The minimum atomic E-state index is 0.0688. The predicted molar refractivity (Wildman–Crippen MR) is 152 cm³/mol. The molecule has 0 spiro atoms. The standard InChI is InChI=1S/C31H35N6/c1-21-17-27(23-7-5-4-6-8-23)34-28-18-25(13-14-26(21)28)31-35-30(29-19-33-15-16-37(29,31)32)24-11-9-22(10-12-24)20-36(2)3/h4-8,13-19,22,24H,9-12,20,32H2,1-3H3/q+1. The van der Waals surface area contributed by atoms with Gasteiger partial charge in [-0.1, -0.05) is 36.4 Å². The van der Waals surface area contributed by atoms with Crippen LogP contribution in [0.5, 0.6) is 0 Å². The molecule has 3 aromatic rings. The Morgan fingerprint density at radius 3 is 2.51 bits per heavy atom. The Hall–Kier alpha value is -3.45. The molecule has 6 nitrogen and oxygen atoms in total. The highest BCUT2D eigenvalue weighted by atomic mass is 15.6. The maximum Gasteiger partial charge on any atom is 0.264 e. The number of hydrogen-bond donors (Lipinski definition) is 1. The van der Waals surface area contributed by atoms with Crippen molar-refractivity contribution in [2.24, 2.45) is 27.7 Å². The SMILES string of the molecule is Cc1cc(-c2ccccc2)nc2cc(C3=NC(C4CCC(CN(C)C)CC4)=C4C=NC=C[N+]34N)ccc12. The number of hydrogen-bond acceptors (Lipinski definition) is 5. The topological polar surface area (TPSA) is 66.9 Å². The third kappa shape index (κ3) is 4.35. The molecule has 2 aromatic carbocycles. The number of amidine groups is 1. The number of aliphatic imine (C=N–C) groups is 2. The van der Waals surface area contributed by atoms with E-state index < -0.39 is 0 Å². The summed E-state index contributed by atoms with van der Waals surface area (Å²) in [5, 5.41) is 1.15. The minimum Gasteiger partial charge on any atom is -0.309 e. The molecule has 1 atom stereocenters. The normalized spacial score (nSPS) is 25.2. The quantitative estimate of drug-likeness (QED) is 0.363. The number of nitrogens with zero attached hydrogens (tertiary/aromatic N) is 5. The van der Waals surface area contributed by atoms with Gasteiger partial charge in [0.05, 0.1) is 29.2 Å². The Labute approximate surface area is 219 Å². The van der Waals surface area contributed by atoms with E-state index in [0.717, 1.165) is 70.3 Å². The monoisotopic (exact) mass is 491 g/mol. The number of aryl methyl sites for hydroxylation is 1. The first kappa shape index (κ1) is 23.9. The Balaban J connectivity index is 1.37. The molecule has 6 heteroatoms. The van der Waals surface area contributed by atoms with Gasteiger partial charge in [-0.3, -0.25) is 4.99 Å². The Morgan fingerprint density at radius 2 is 1.76 bits per heavy atom. The molecule has 0 amide bonds. The molecule has 1 saturated carbocycles. The van der Waals surface area contributed by atoms with Crippen LogP contribution in [0.1, 0.15) is 36.8 Å². The van der Waals surface area contributed by atoms with Gasteiger partial charge in [-0.05, 0) is 76.4 Å². The summed E-state index contributed by atoms with van der Waals surface area (Å²) in [6.07, 6.45) is 10.4. The molecular formula is C31H35N6+. The average molecular weight is 492 g/mol. The van der Waals surface area contributed by atoms with Gasteiger partial charge in [0.2, 0.25) is 5.70 Å². The highest BCUT2D eigenvalue weighted by Gasteiger charge is 2.46. The van der Waals surface area contributed by atoms with Crippen molar-refractivity contribution in [1.82, 2.24) is 9.88 Å². The van der Waals surface area contributed by atoms with Gasteiger partial charge in [-0.2, -0.15) is 10.8 Å². The van der Waals surface area contributed by atoms with E-state index in [0.29, 0.717) is 5.92 Å². The van der Waals surface area contributed by atoms with Crippen LogP contribution in [0.3, 0.4) is 0 Å². The van der Waals surface area contributed by atoms with E-state index in [9.17, 15) is 0 Å². The van der Waals surface area contributed by atoms with E-state index in [1.54, 1.807) is 6.20 Å². The van der Waals surface area contributed by atoms with Crippen LogP contribution < -0.4 is 5.84 Å². The zero-order chi connectivity index (χ0) is 25.6. The second kappa shape index (κ2) is 9.45. The van der Waals surface area contributed by atoms with E-state index in [1.807, 2.05) is 18.5 Å². The molecule has 3 heterocycles. The minimum absolute atomic E-state index is 0.0688. The maximum absolute atomic E-state index is 7.07. The molecule has 37 heavy (non-hydrogen) atoms. The number of pyridine rings is 1. The summed E-state index contributed by atoms with van der Waals surface area (Å²) in [7, 11) is 4.33. The van der Waals surface area contributed by atoms with Crippen molar-refractivity contribution in [3.63, 3.8) is 0 Å². The molecule has 0 saturated heterocycles. The first-order valence-electron chi connectivity index (χ1n) is 13.3. The summed E-state index contributed by atoms with van der Waals surface area (Å²) in [6, 6.07) is 18.9. The summed E-state index contributed by atoms with van der Waals surface area (Å²) in [5.74, 6) is 9.08.